The second kappa shape index (κ2) is 4.68. The van der Waals surface area contributed by atoms with Crippen molar-refractivity contribution in [2.24, 2.45) is 0 Å². The number of carbonyl (C=O) groups is 1. The Morgan fingerprint density at radius 3 is 2.44 bits per heavy atom. The minimum atomic E-state index is -3.69. The summed E-state index contributed by atoms with van der Waals surface area (Å²) >= 11 is 0. The predicted octanol–water partition coefficient (Wildman–Crippen LogP) is 1.26. The quantitative estimate of drug-likeness (QED) is 0.774. The smallest absolute Gasteiger partial charge is 0.330 e. The molecule has 0 radical (unpaired) electrons. The van der Waals surface area contributed by atoms with Crippen LogP contribution in [0.2, 0.25) is 0 Å². The zero-order chi connectivity index (χ0) is 13.2. The van der Waals surface area contributed by atoms with Gasteiger partial charge in [-0.3, -0.25) is 4.79 Å². The molecule has 0 aliphatic carbocycles. The number of rotatable bonds is 4. The number of hydrogen-bond donors (Lipinski definition) is 0. The third kappa shape index (κ3) is 2.01. The summed E-state index contributed by atoms with van der Waals surface area (Å²) in [6.07, 6.45) is -0.000539. The first-order valence-electron chi connectivity index (χ1n) is 5.51. The average molecular weight is 272 g/mol. The number of ether oxygens (including phenoxy) is 1. The number of benzene rings is 1. The van der Waals surface area contributed by atoms with Crippen molar-refractivity contribution < 1.29 is 22.3 Å². The van der Waals surface area contributed by atoms with Gasteiger partial charge in [0.1, 0.15) is 13.3 Å². The van der Waals surface area contributed by atoms with Crippen LogP contribution in [-0.2, 0) is 26.0 Å². The van der Waals surface area contributed by atoms with Crippen LogP contribution in [0.5, 0.6) is 0 Å². The molecule has 1 aromatic carbocycles. The minimum Gasteiger partial charge on any atom is -0.460 e. The molecule has 1 unspecified atom stereocenters. The molecule has 4 nitrogen and oxygen atoms in total. The van der Waals surface area contributed by atoms with Crippen molar-refractivity contribution in [3.05, 3.63) is 35.9 Å². The minimum absolute atomic E-state index is 0.000539. The highest BCUT2D eigenvalue weighted by molar-refractivity contribution is 7.95. The van der Waals surface area contributed by atoms with Gasteiger partial charge in [-0.05, 0) is 12.0 Å². The Morgan fingerprint density at radius 1 is 1.33 bits per heavy atom. The average Bonchev–Trinajstić information content (AvgIpc) is 2.37. The predicted molar refractivity (Wildman–Crippen MR) is 63.3 cm³/mol. The molecule has 0 aromatic heterocycles. The highest BCUT2D eigenvalue weighted by Gasteiger charge is 2.59. The van der Waals surface area contributed by atoms with E-state index >= 15 is 0 Å². The summed E-state index contributed by atoms with van der Waals surface area (Å²) in [4.78, 5) is 11.7. The van der Waals surface area contributed by atoms with Gasteiger partial charge in [0.2, 0.25) is 0 Å². The number of sulfone groups is 1. The van der Waals surface area contributed by atoms with Crippen LogP contribution in [0.3, 0.4) is 0 Å². The molecule has 1 fully saturated rings. The molecule has 2 rings (SSSR count). The van der Waals surface area contributed by atoms with Crippen LogP contribution >= 0.6 is 0 Å². The summed E-state index contributed by atoms with van der Waals surface area (Å²) in [7, 11) is -3.69. The largest absolute Gasteiger partial charge is 0.460 e. The normalized spacial score (nSPS) is 25.2. The standard InChI is InChI=1S/C12H13FO4S/c13-9-12(6-7-18(12,15)16)11(14)17-8-10-4-2-1-3-5-10/h1-5H,6-9H2. The van der Waals surface area contributed by atoms with E-state index in [2.05, 4.69) is 0 Å². The molecular formula is C12H13FO4S. The summed E-state index contributed by atoms with van der Waals surface area (Å²) in [6, 6.07) is 8.84. The van der Waals surface area contributed by atoms with E-state index in [4.69, 9.17) is 4.74 Å². The van der Waals surface area contributed by atoms with Crippen LogP contribution in [0.4, 0.5) is 4.39 Å². The topological polar surface area (TPSA) is 60.4 Å². The van der Waals surface area contributed by atoms with Crippen LogP contribution in [-0.4, -0.2) is 31.6 Å². The molecule has 1 atom stereocenters. The van der Waals surface area contributed by atoms with Crippen LogP contribution in [0.25, 0.3) is 0 Å². The van der Waals surface area contributed by atoms with Gasteiger partial charge in [-0.2, -0.15) is 0 Å². The molecule has 0 amide bonds. The molecule has 1 saturated heterocycles. The Bertz CT molecular complexity index is 536. The number of esters is 1. The van der Waals surface area contributed by atoms with Crippen LogP contribution in [0.1, 0.15) is 12.0 Å². The molecular weight excluding hydrogens is 259 g/mol. The summed E-state index contributed by atoms with van der Waals surface area (Å²) in [5, 5.41) is 0. The summed E-state index contributed by atoms with van der Waals surface area (Å²) in [5.74, 6) is -1.14. The maximum absolute atomic E-state index is 12.9. The van der Waals surface area contributed by atoms with Gasteiger partial charge in [0.05, 0.1) is 5.75 Å². The molecule has 1 heterocycles. The van der Waals surface area contributed by atoms with Crippen LogP contribution in [0.15, 0.2) is 30.3 Å². The van der Waals surface area contributed by atoms with Crippen molar-refractivity contribution >= 4 is 15.8 Å². The van der Waals surface area contributed by atoms with Gasteiger partial charge < -0.3 is 4.74 Å². The number of hydrogen-bond acceptors (Lipinski definition) is 4. The van der Waals surface area contributed by atoms with Gasteiger partial charge in [-0.15, -0.1) is 0 Å². The molecule has 0 N–H and O–H groups in total. The first-order valence-corrected chi connectivity index (χ1v) is 7.16. The lowest BCUT2D eigenvalue weighted by Crippen LogP contribution is -2.59. The first kappa shape index (κ1) is 13.0. The van der Waals surface area contributed by atoms with Crippen LogP contribution in [0, 0.1) is 0 Å². The molecule has 0 saturated carbocycles. The number of carbonyl (C=O) groups excluding carboxylic acids is 1. The molecule has 1 aromatic rings. The van der Waals surface area contributed by atoms with Crippen molar-refractivity contribution in [1.82, 2.24) is 0 Å². The Balaban J connectivity index is 2.05. The fourth-order valence-corrected chi connectivity index (χ4v) is 3.31. The molecule has 0 spiro atoms. The van der Waals surface area contributed by atoms with Crippen molar-refractivity contribution in [3.8, 4) is 0 Å². The summed E-state index contributed by atoms with van der Waals surface area (Å²) < 4.78 is 38.8. The van der Waals surface area contributed by atoms with E-state index < -0.39 is 27.2 Å². The Hall–Kier alpha value is -1.43. The fraction of sp³-hybridized carbons (Fsp3) is 0.417. The first-order chi connectivity index (χ1) is 8.52. The highest BCUT2D eigenvalue weighted by atomic mass is 32.2. The Labute approximate surface area is 105 Å². The molecule has 1 aliphatic rings. The van der Waals surface area contributed by atoms with E-state index in [0.29, 0.717) is 0 Å². The lowest BCUT2D eigenvalue weighted by Gasteiger charge is -2.35. The van der Waals surface area contributed by atoms with E-state index in [9.17, 15) is 17.6 Å². The van der Waals surface area contributed by atoms with Gasteiger partial charge in [0.15, 0.2) is 14.6 Å². The lowest BCUT2D eigenvalue weighted by atomic mass is 10.1. The monoisotopic (exact) mass is 272 g/mol. The van der Waals surface area contributed by atoms with E-state index in [1.807, 2.05) is 6.07 Å². The van der Waals surface area contributed by atoms with Gasteiger partial charge in [0, 0.05) is 0 Å². The fourth-order valence-electron chi connectivity index (χ4n) is 1.80. The zero-order valence-corrected chi connectivity index (χ0v) is 10.5. The molecule has 18 heavy (non-hydrogen) atoms. The second-order valence-electron chi connectivity index (χ2n) is 4.26. The Kier molecular flexibility index (Phi) is 3.38. The maximum atomic E-state index is 12.9. The molecule has 1 aliphatic heterocycles. The van der Waals surface area contributed by atoms with Gasteiger partial charge in [-0.1, -0.05) is 30.3 Å². The van der Waals surface area contributed by atoms with Crippen LogP contribution < -0.4 is 0 Å². The Morgan fingerprint density at radius 2 is 2.00 bits per heavy atom. The van der Waals surface area contributed by atoms with Gasteiger partial charge in [0.25, 0.3) is 0 Å². The molecule has 0 bridgehead atoms. The lowest BCUT2D eigenvalue weighted by molar-refractivity contribution is -0.149. The van der Waals surface area contributed by atoms with Crippen molar-refractivity contribution in [3.63, 3.8) is 0 Å². The van der Waals surface area contributed by atoms with Crippen molar-refractivity contribution in [2.45, 2.75) is 17.8 Å². The van der Waals surface area contributed by atoms with E-state index in [1.54, 1.807) is 24.3 Å². The second-order valence-corrected chi connectivity index (χ2v) is 6.68. The summed E-state index contributed by atoms with van der Waals surface area (Å²) in [6.45, 7) is -1.26. The van der Waals surface area contributed by atoms with E-state index in [1.165, 1.54) is 0 Å². The number of halogens is 1. The summed E-state index contributed by atoms with van der Waals surface area (Å²) in [5.41, 5.74) is 0.733. The molecule has 6 heteroatoms. The van der Waals surface area contributed by atoms with Gasteiger partial charge >= 0.3 is 5.97 Å². The zero-order valence-electron chi connectivity index (χ0n) is 9.63. The number of alkyl halides is 1. The maximum Gasteiger partial charge on any atom is 0.330 e. The van der Waals surface area contributed by atoms with E-state index in [0.717, 1.165) is 5.56 Å². The third-order valence-electron chi connectivity index (χ3n) is 3.17. The van der Waals surface area contributed by atoms with Crippen molar-refractivity contribution in [1.29, 1.82) is 0 Å². The molecule has 98 valence electrons. The SMILES string of the molecule is O=C(OCc1ccccc1)C1(CF)CCS1(=O)=O. The highest BCUT2D eigenvalue weighted by Crippen LogP contribution is 2.36. The van der Waals surface area contributed by atoms with E-state index in [-0.39, 0.29) is 18.8 Å². The third-order valence-corrected chi connectivity index (χ3v) is 5.58. The van der Waals surface area contributed by atoms with Crippen molar-refractivity contribution in [2.75, 3.05) is 12.4 Å². The van der Waals surface area contributed by atoms with Gasteiger partial charge in [-0.25, -0.2) is 12.8 Å².